The van der Waals surface area contributed by atoms with Gasteiger partial charge in [0.15, 0.2) is 0 Å². The van der Waals surface area contributed by atoms with E-state index in [1.165, 1.54) is 4.90 Å². The van der Waals surface area contributed by atoms with Gasteiger partial charge in [-0.2, -0.15) is 13.2 Å². The zero-order valence-electron chi connectivity index (χ0n) is 21.2. The number of rotatable bonds is 7. The summed E-state index contributed by atoms with van der Waals surface area (Å²) in [6.45, 7) is 2.99. The van der Waals surface area contributed by atoms with Crippen molar-refractivity contribution in [3.8, 4) is 11.2 Å². The quantitative estimate of drug-likeness (QED) is 0.207. The maximum absolute atomic E-state index is 13.7. The molecular weight excluding hydrogens is 514 g/mol. The van der Waals surface area contributed by atoms with E-state index in [9.17, 15) is 17.6 Å². The number of anilines is 1. The van der Waals surface area contributed by atoms with Crippen LogP contribution in [0.1, 0.15) is 48.3 Å². The minimum atomic E-state index is -4.34. The first-order valence-corrected chi connectivity index (χ1v) is 13.3. The number of aromatic amines is 1. The van der Waals surface area contributed by atoms with Crippen molar-refractivity contribution in [3.05, 3.63) is 59.0 Å². The van der Waals surface area contributed by atoms with E-state index in [1.54, 1.807) is 6.20 Å². The van der Waals surface area contributed by atoms with Crippen molar-refractivity contribution in [1.29, 1.82) is 0 Å². The molecule has 0 aliphatic carbocycles. The number of fused-ring (bicyclic) bond motifs is 3. The molecule has 0 unspecified atom stereocenters. The molecule has 10 heteroatoms. The fraction of sp³-hybridized carbons (Fsp3) is 0.464. The highest BCUT2D eigenvalue weighted by atomic mass is 32.1. The number of benzene rings is 1. The Morgan fingerprint density at radius 2 is 2.08 bits per heavy atom. The number of alkyl halides is 4. The smallest absolute Gasteiger partial charge is 0.380 e. The summed E-state index contributed by atoms with van der Waals surface area (Å²) in [6.07, 6.45) is -0.668. The number of thiol groups is 1. The predicted molar refractivity (Wildman–Crippen MR) is 145 cm³/mol. The van der Waals surface area contributed by atoms with Gasteiger partial charge in [0.2, 0.25) is 0 Å². The molecule has 1 saturated heterocycles. The summed E-state index contributed by atoms with van der Waals surface area (Å²) >= 11 is 3.99. The molecule has 2 aromatic heterocycles. The fourth-order valence-electron chi connectivity index (χ4n) is 5.79. The Labute approximate surface area is 225 Å². The Balaban J connectivity index is 1.45. The molecule has 0 saturated carbocycles. The maximum Gasteiger partial charge on any atom is 0.401 e. The van der Waals surface area contributed by atoms with Crippen LogP contribution in [0.5, 0.6) is 0 Å². The van der Waals surface area contributed by atoms with Gasteiger partial charge >= 0.3 is 6.18 Å². The van der Waals surface area contributed by atoms with E-state index in [0.29, 0.717) is 18.5 Å². The lowest BCUT2D eigenvalue weighted by molar-refractivity contribution is -0.155. The van der Waals surface area contributed by atoms with Gasteiger partial charge in [0.25, 0.3) is 0 Å². The second-order valence-corrected chi connectivity index (χ2v) is 10.4. The molecule has 4 heterocycles. The normalized spacial score (nSPS) is 22.3. The second kappa shape index (κ2) is 11.2. The zero-order chi connectivity index (χ0) is 26.9. The molecule has 0 bridgehead atoms. The van der Waals surface area contributed by atoms with E-state index >= 15 is 0 Å². The third-order valence-corrected chi connectivity index (χ3v) is 7.60. The van der Waals surface area contributed by atoms with Crippen LogP contribution >= 0.6 is 12.6 Å². The van der Waals surface area contributed by atoms with Gasteiger partial charge in [-0.25, -0.2) is 0 Å². The number of nitrogens with one attached hydrogen (secondary N) is 2. The van der Waals surface area contributed by atoms with Crippen LogP contribution < -0.4 is 5.32 Å². The monoisotopic (exact) mass is 545 g/mol. The van der Waals surface area contributed by atoms with Gasteiger partial charge in [-0.15, -0.1) is 0 Å². The number of likely N-dealkylation sites (tertiary alicyclic amines) is 1. The summed E-state index contributed by atoms with van der Waals surface area (Å²) in [5.41, 5.74) is 4.80. The highest BCUT2D eigenvalue weighted by molar-refractivity contribution is 7.85. The molecule has 2 aliphatic rings. The third-order valence-electron chi connectivity index (χ3n) is 7.49. The summed E-state index contributed by atoms with van der Waals surface area (Å²) < 4.78 is 53.6. The molecule has 38 heavy (non-hydrogen) atoms. The molecule has 2 N–H and O–H groups in total. The molecule has 3 aromatic rings. The maximum atomic E-state index is 13.7. The van der Waals surface area contributed by atoms with Crippen LogP contribution in [0.2, 0.25) is 0 Å². The number of halogens is 4. The highest BCUT2D eigenvalue weighted by Gasteiger charge is 2.42. The van der Waals surface area contributed by atoms with Crippen LogP contribution in [0.4, 0.5) is 23.2 Å². The minimum absolute atomic E-state index is 0.230. The molecule has 5 nitrogen and oxygen atoms in total. The van der Waals surface area contributed by atoms with E-state index in [-0.39, 0.29) is 18.8 Å². The van der Waals surface area contributed by atoms with Gasteiger partial charge in [0.05, 0.1) is 36.8 Å². The van der Waals surface area contributed by atoms with Crippen LogP contribution in [-0.4, -0.2) is 70.9 Å². The van der Waals surface area contributed by atoms with Crippen LogP contribution in [0.15, 0.2) is 36.5 Å². The Morgan fingerprint density at radius 1 is 1.24 bits per heavy atom. The van der Waals surface area contributed by atoms with Gasteiger partial charge in [-0.1, -0.05) is 18.5 Å². The number of pyridine rings is 1. The van der Waals surface area contributed by atoms with E-state index in [4.69, 9.17) is 0 Å². The van der Waals surface area contributed by atoms with Gasteiger partial charge < -0.3 is 15.2 Å². The molecule has 1 aromatic carbocycles. The summed E-state index contributed by atoms with van der Waals surface area (Å²) in [6, 6.07) is 8.68. The van der Waals surface area contributed by atoms with Crippen LogP contribution in [-0.2, 0) is 6.42 Å². The Hall–Kier alpha value is -2.74. The van der Waals surface area contributed by atoms with Crippen molar-refractivity contribution in [3.63, 3.8) is 0 Å². The van der Waals surface area contributed by atoms with Gasteiger partial charge in [-0.3, -0.25) is 14.3 Å². The first kappa shape index (κ1) is 26.9. The van der Waals surface area contributed by atoms with Crippen LogP contribution in [0, 0.1) is 11.2 Å². The van der Waals surface area contributed by atoms with Crippen molar-refractivity contribution in [2.75, 3.05) is 38.2 Å². The molecule has 0 spiro atoms. The Kier molecular flexibility index (Phi) is 7.89. The molecular formula is C28H31F4N5S. The number of H-pyrrole nitrogens is 1. The molecule has 0 amide bonds. The van der Waals surface area contributed by atoms with Gasteiger partial charge in [0, 0.05) is 53.9 Å². The molecule has 0 radical (unpaired) electrons. The first-order chi connectivity index (χ1) is 18.3. The average molecular weight is 546 g/mol. The lowest BCUT2D eigenvalue weighted by Crippen LogP contribution is -2.47. The minimum Gasteiger partial charge on any atom is -0.380 e. The summed E-state index contributed by atoms with van der Waals surface area (Å²) in [5.74, 6) is 2.94. The number of hydrogen-bond donors (Lipinski definition) is 3. The molecule has 5 rings (SSSR count). The van der Waals surface area contributed by atoms with E-state index < -0.39 is 18.8 Å². The topological polar surface area (TPSA) is 47.2 Å². The zero-order valence-corrected chi connectivity index (χ0v) is 22.0. The Bertz CT molecular complexity index is 1330. The first-order valence-electron chi connectivity index (χ1n) is 12.9. The predicted octanol–water partition coefficient (Wildman–Crippen LogP) is 5.55. The van der Waals surface area contributed by atoms with Gasteiger partial charge in [-0.05, 0) is 67.3 Å². The van der Waals surface area contributed by atoms with Crippen molar-refractivity contribution in [2.45, 2.75) is 50.5 Å². The lowest BCUT2D eigenvalue weighted by Gasteiger charge is -2.40. The third kappa shape index (κ3) is 5.80. The lowest BCUT2D eigenvalue weighted by atomic mass is 9.90. The second-order valence-electron chi connectivity index (χ2n) is 10.2. The standard InChI is InChI=1S/C28H31F4N5S/c1-18-13-23-22-14-19(8-12-38)3-5-24(22)35-26(23)27(37(18)17-28(30,31)32)25-6-4-20(15-33-25)34-21-7-11-36(16-21)10-2-9-29/h3-6,14-15,18,21,27,34-35,38H,2,7,9-11,13,16-17H2,1H3/t18-,21+,27-/m1/s1. The van der Waals surface area contributed by atoms with Gasteiger partial charge in [0.1, 0.15) is 0 Å². The number of aromatic nitrogens is 2. The largest absolute Gasteiger partial charge is 0.401 e. The van der Waals surface area contributed by atoms with E-state index in [0.717, 1.165) is 59.5 Å². The van der Waals surface area contributed by atoms with Crippen LogP contribution in [0.25, 0.3) is 10.9 Å². The summed E-state index contributed by atoms with van der Waals surface area (Å²) in [5, 5.41) is 7.05. The number of hydrogen-bond acceptors (Lipinski definition) is 5. The number of nitrogens with zero attached hydrogens (tertiary/aromatic N) is 3. The Morgan fingerprint density at radius 3 is 2.79 bits per heavy atom. The summed E-state index contributed by atoms with van der Waals surface area (Å²) in [4.78, 5) is 11.8. The fourth-order valence-corrected chi connectivity index (χ4v) is 5.92. The van der Waals surface area contributed by atoms with E-state index in [1.807, 2.05) is 37.3 Å². The SMILES string of the molecule is C[C@@H]1Cc2c([nH]c3ccc(C#CS)cc23)[C@@H](c2ccc(N[C@H]3CCN(CCCF)C3)cn2)N1CC(F)(F)F. The highest BCUT2D eigenvalue weighted by Crippen LogP contribution is 2.41. The van der Waals surface area contributed by atoms with Crippen molar-refractivity contribution in [1.82, 2.24) is 19.8 Å². The summed E-state index contributed by atoms with van der Waals surface area (Å²) in [7, 11) is 0. The molecule has 202 valence electrons. The van der Waals surface area contributed by atoms with Crippen molar-refractivity contribution >= 4 is 29.2 Å². The van der Waals surface area contributed by atoms with Crippen molar-refractivity contribution in [2.24, 2.45) is 0 Å². The van der Waals surface area contributed by atoms with Crippen LogP contribution in [0.3, 0.4) is 0 Å². The molecule has 1 fully saturated rings. The van der Waals surface area contributed by atoms with E-state index in [2.05, 4.69) is 44.0 Å². The van der Waals surface area contributed by atoms with Crippen molar-refractivity contribution < 1.29 is 17.6 Å². The molecule has 3 atom stereocenters. The molecule has 2 aliphatic heterocycles. The average Bonchev–Trinajstić information content (AvgIpc) is 3.47.